The Morgan fingerprint density at radius 3 is 2.63 bits per heavy atom. The van der Waals surface area contributed by atoms with Crippen molar-refractivity contribution in [2.75, 3.05) is 12.4 Å². The number of hydrogen-bond acceptors (Lipinski definition) is 4. The molecular weight excluding hydrogens is 342 g/mol. The Kier molecular flexibility index (Phi) is 5.47. The van der Waals surface area contributed by atoms with Crippen LogP contribution in [0.3, 0.4) is 0 Å². The smallest absolute Gasteiger partial charge is 0.338 e. The van der Waals surface area contributed by atoms with Crippen LogP contribution in [0.15, 0.2) is 67.0 Å². The molecule has 0 aliphatic carbocycles. The number of rotatable bonds is 5. The number of nitrogens with one attached hydrogen (secondary N) is 1. The van der Waals surface area contributed by atoms with E-state index in [1.807, 2.05) is 36.5 Å². The lowest BCUT2D eigenvalue weighted by molar-refractivity contribution is -0.111. The molecule has 0 aliphatic heterocycles. The molecule has 0 aliphatic rings. The molecular formula is C21H19N3O3. The van der Waals surface area contributed by atoms with E-state index in [1.54, 1.807) is 42.1 Å². The second kappa shape index (κ2) is 8.14. The Bertz CT molecular complexity index is 991. The third-order valence-electron chi connectivity index (χ3n) is 4.05. The SMILES string of the molecule is COC(=O)c1cccc(NC(=O)/C=C/c2cnn(-c3ccccc3)c2)c1C. The zero-order valence-corrected chi connectivity index (χ0v) is 15.0. The number of hydrogen-bond donors (Lipinski definition) is 1. The molecule has 6 nitrogen and oxygen atoms in total. The summed E-state index contributed by atoms with van der Waals surface area (Å²) >= 11 is 0. The van der Waals surface area contributed by atoms with Gasteiger partial charge in [0.05, 0.1) is 24.6 Å². The van der Waals surface area contributed by atoms with Gasteiger partial charge in [0.15, 0.2) is 0 Å². The van der Waals surface area contributed by atoms with Gasteiger partial charge in [0.2, 0.25) is 5.91 Å². The maximum Gasteiger partial charge on any atom is 0.338 e. The van der Waals surface area contributed by atoms with Crippen molar-refractivity contribution in [3.05, 3.63) is 83.7 Å². The van der Waals surface area contributed by atoms with Crippen LogP contribution in [0.2, 0.25) is 0 Å². The summed E-state index contributed by atoms with van der Waals surface area (Å²) in [5.74, 6) is -0.736. The molecule has 0 unspecified atom stereocenters. The highest BCUT2D eigenvalue weighted by atomic mass is 16.5. The Balaban J connectivity index is 1.70. The van der Waals surface area contributed by atoms with Crippen LogP contribution in [0, 0.1) is 6.92 Å². The lowest BCUT2D eigenvalue weighted by atomic mass is 10.1. The normalized spacial score (nSPS) is 10.7. The molecule has 0 saturated heterocycles. The lowest BCUT2D eigenvalue weighted by Gasteiger charge is -2.10. The van der Waals surface area contributed by atoms with Crippen molar-refractivity contribution in [1.29, 1.82) is 0 Å². The molecule has 0 radical (unpaired) electrons. The van der Waals surface area contributed by atoms with E-state index in [-0.39, 0.29) is 5.91 Å². The number of anilines is 1. The van der Waals surface area contributed by atoms with Crippen LogP contribution in [0.5, 0.6) is 0 Å². The molecule has 0 bridgehead atoms. The van der Waals surface area contributed by atoms with Gasteiger partial charge in [-0.15, -0.1) is 0 Å². The van der Waals surface area contributed by atoms with Crippen LogP contribution in [-0.4, -0.2) is 28.8 Å². The number of amides is 1. The van der Waals surface area contributed by atoms with Crippen molar-refractivity contribution in [2.24, 2.45) is 0 Å². The molecule has 136 valence electrons. The van der Waals surface area contributed by atoms with Crippen LogP contribution in [0.4, 0.5) is 5.69 Å². The van der Waals surface area contributed by atoms with Gasteiger partial charge in [-0.2, -0.15) is 5.10 Å². The summed E-state index contributed by atoms with van der Waals surface area (Å²) in [4.78, 5) is 24.0. The summed E-state index contributed by atoms with van der Waals surface area (Å²) in [6, 6.07) is 14.8. The van der Waals surface area contributed by atoms with E-state index in [0.29, 0.717) is 16.8 Å². The van der Waals surface area contributed by atoms with Gasteiger partial charge < -0.3 is 10.1 Å². The number of carbonyl (C=O) groups excluding carboxylic acids is 2. The number of benzene rings is 2. The predicted molar refractivity (Wildman–Crippen MR) is 104 cm³/mol. The van der Waals surface area contributed by atoms with Crippen molar-refractivity contribution in [2.45, 2.75) is 6.92 Å². The quantitative estimate of drug-likeness (QED) is 0.556. The molecule has 3 aromatic rings. The summed E-state index contributed by atoms with van der Waals surface area (Å²) in [5.41, 5.74) is 3.38. The van der Waals surface area contributed by atoms with Crippen molar-refractivity contribution in [3.63, 3.8) is 0 Å². The van der Waals surface area contributed by atoms with E-state index in [2.05, 4.69) is 10.4 Å². The topological polar surface area (TPSA) is 73.2 Å². The van der Waals surface area contributed by atoms with Gasteiger partial charge in [-0.1, -0.05) is 24.3 Å². The predicted octanol–water partition coefficient (Wildman–Crippen LogP) is 3.62. The molecule has 1 amide bonds. The van der Waals surface area contributed by atoms with Gasteiger partial charge >= 0.3 is 5.97 Å². The van der Waals surface area contributed by atoms with Crippen LogP contribution in [-0.2, 0) is 9.53 Å². The fourth-order valence-corrected chi connectivity index (χ4v) is 2.59. The largest absolute Gasteiger partial charge is 0.465 e. The van der Waals surface area contributed by atoms with Gasteiger partial charge in [0, 0.05) is 23.5 Å². The van der Waals surface area contributed by atoms with Crippen molar-refractivity contribution in [3.8, 4) is 5.69 Å². The zero-order chi connectivity index (χ0) is 19.2. The van der Waals surface area contributed by atoms with Gasteiger partial charge in [-0.05, 0) is 42.8 Å². The molecule has 27 heavy (non-hydrogen) atoms. The Hall–Kier alpha value is -3.67. The van der Waals surface area contributed by atoms with E-state index >= 15 is 0 Å². The molecule has 2 aromatic carbocycles. The minimum Gasteiger partial charge on any atom is -0.465 e. The molecule has 1 aromatic heterocycles. The summed E-state index contributed by atoms with van der Waals surface area (Å²) in [7, 11) is 1.32. The summed E-state index contributed by atoms with van der Waals surface area (Å²) in [6.45, 7) is 1.76. The number of carbonyl (C=O) groups is 2. The highest BCUT2D eigenvalue weighted by molar-refractivity contribution is 6.03. The Morgan fingerprint density at radius 2 is 1.89 bits per heavy atom. The molecule has 0 atom stereocenters. The Labute approximate surface area is 157 Å². The number of esters is 1. The maximum absolute atomic E-state index is 12.2. The maximum atomic E-state index is 12.2. The molecule has 1 heterocycles. The van der Waals surface area contributed by atoms with Crippen molar-refractivity contribution in [1.82, 2.24) is 9.78 Å². The molecule has 0 saturated carbocycles. The number of nitrogens with zero attached hydrogens (tertiary/aromatic N) is 2. The van der Waals surface area contributed by atoms with Gasteiger partial charge in [0.1, 0.15) is 0 Å². The summed E-state index contributed by atoms with van der Waals surface area (Å²) < 4.78 is 6.48. The van der Waals surface area contributed by atoms with E-state index in [1.165, 1.54) is 13.2 Å². The lowest BCUT2D eigenvalue weighted by Crippen LogP contribution is -2.11. The number of ether oxygens (including phenoxy) is 1. The van der Waals surface area contributed by atoms with E-state index in [0.717, 1.165) is 11.3 Å². The number of para-hydroxylation sites is 1. The highest BCUT2D eigenvalue weighted by Crippen LogP contribution is 2.20. The van der Waals surface area contributed by atoms with Crippen LogP contribution < -0.4 is 5.32 Å². The van der Waals surface area contributed by atoms with Crippen LogP contribution >= 0.6 is 0 Å². The minimum atomic E-state index is -0.438. The highest BCUT2D eigenvalue weighted by Gasteiger charge is 2.12. The molecule has 6 heteroatoms. The molecule has 3 rings (SSSR count). The van der Waals surface area contributed by atoms with E-state index < -0.39 is 5.97 Å². The second-order valence-corrected chi connectivity index (χ2v) is 5.85. The first kappa shape index (κ1) is 18.1. The van der Waals surface area contributed by atoms with E-state index in [9.17, 15) is 9.59 Å². The van der Waals surface area contributed by atoms with Crippen molar-refractivity contribution >= 4 is 23.6 Å². The molecule has 1 N–H and O–H groups in total. The standard InChI is InChI=1S/C21H19N3O3/c1-15-18(21(26)27-2)9-6-10-19(15)23-20(25)12-11-16-13-22-24(14-16)17-7-4-3-5-8-17/h3-14H,1-2H3,(H,23,25)/b12-11+. The van der Waals surface area contributed by atoms with E-state index in [4.69, 9.17) is 4.74 Å². The summed E-state index contributed by atoms with van der Waals surface area (Å²) in [5, 5.41) is 7.06. The first-order valence-electron chi connectivity index (χ1n) is 8.35. The minimum absolute atomic E-state index is 0.299. The van der Waals surface area contributed by atoms with Crippen LogP contribution in [0.1, 0.15) is 21.5 Å². The number of methoxy groups -OCH3 is 1. The third kappa shape index (κ3) is 4.30. The monoisotopic (exact) mass is 361 g/mol. The average Bonchev–Trinajstić information content (AvgIpc) is 3.17. The first-order valence-corrected chi connectivity index (χ1v) is 8.35. The summed E-state index contributed by atoms with van der Waals surface area (Å²) in [6.07, 6.45) is 6.63. The molecule has 0 spiro atoms. The second-order valence-electron chi connectivity index (χ2n) is 5.85. The molecule has 0 fully saturated rings. The fraction of sp³-hybridized carbons (Fsp3) is 0.0952. The van der Waals surface area contributed by atoms with Crippen molar-refractivity contribution < 1.29 is 14.3 Å². The van der Waals surface area contributed by atoms with Gasteiger partial charge in [-0.3, -0.25) is 4.79 Å². The van der Waals surface area contributed by atoms with Gasteiger partial charge in [-0.25, -0.2) is 9.48 Å². The first-order chi connectivity index (χ1) is 13.1. The zero-order valence-electron chi connectivity index (χ0n) is 15.0. The average molecular weight is 361 g/mol. The number of aromatic nitrogens is 2. The fourth-order valence-electron chi connectivity index (χ4n) is 2.59. The Morgan fingerprint density at radius 1 is 1.11 bits per heavy atom. The van der Waals surface area contributed by atoms with Gasteiger partial charge in [0.25, 0.3) is 0 Å². The van der Waals surface area contributed by atoms with Crippen LogP contribution in [0.25, 0.3) is 11.8 Å². The third-order valence-corrected chi connectivity index (χ3v) is 4.05.